The number of oxazole rings is 1. The molecule has 0 atom stereocenters. The van der Waals surface area contributed by atoms with Gasteiger partial charge in [0.05, 0.1) is 5.52 Å². The summed E-state index contributed by atoms with van der Waals surface area (Å²) >= 11 is 0. The van der Waals surface area contributed by atoms with E-state index in [0.717, 1.165) is 5.56 Å². The first kappa shape index (κ1) is 11.9. The molecule has 1 amide bonds. The Bertz CT molecular complexity index is 655. The molecule has 7 heteroatoms. The average molecular weight is 250 g/mol. The largest absolute Gasteiger partial charge is 0.474 e. The maximum atomic E-state index is 10.9. The second-order valence-electron chi connectivity index (χ2n) is 3.66. The van der Waals surface area contributed by atoms with E-state index in [0.29, 0.717) is 17.5 Å². The number of carbonyl (C=O) groups is 2. The van der Waals surface area contributed by atoms with Crippen LogP contribution in [-0.2, 0) is 16.0 Å². The summed E-state index contributed by atoms with van der Waals surface area (Å²) in [5.41, 5.74) is 1.88. The van der Waals surface area contributed by atoms with Crippen LogP contribution in [0.4, 0.5) is 0 Å². The standard InChI is InChI=1S/C11H10N2O5/c14-9(10(15)16)12-4-3-6-1-2-8-7(5-6)13-11(17)18-8/h1-2,5H,3-4H2,(H,12,14)(H,13,17)(H,15,16). The molecule has 1 aromatic heterocycles. The Balaban J connectivity index is 2.01. The van der Waals surface area contributed by atoms with Crippen molar-refractivity contribution in [1.82, 2.24) is 10.3 Å². The number of nitrogens with one attached hydrogen (secondary N) is 2. The van der Waals surface area contributed by atoms with Crippen molar-refractivity contribution in [2.45, 2.75) is 6.42 Å². The SMILES string of the molecule is O=C(O)C(=O)NCCc1ccc2oc(=O)[nH]c2c1. The van der Waals surface area contributed by atoms with Gasteiger partial charge >= 0.3 is 17.6 Å². The Morgan fingerprint density at radius 2 is 2.17 bits per heavy atom. The third-order valence-corrected chi connectivity index (χ3v) is 2.38. The van der Waals surface area contributed by atoms with Gasteiger partial charge in [0.15, 0.2) is 5.58 Å². The molecule has 0 aliphatic heterocycles. The molecule has 94 valence electrons. The fourth-order valence-corrected chi connectivity index (χ4v) is 1.55. The summed E-state index contributed by atoms with van der Waals surface area (Å²) in [4.78, 5) is 34.5. The van der Waals surface area contributed by atoms with Gasteiger partial charge in [-0.15, -0.1) is 0 Å². The number of aliphatic carboxylic acids is 1. The van der Waals surface area contributed by atoms with E-state index < -0.39 is 17.6 Å². The molecular formula is C11H10N2O5. The van der Waals surface area contributed by atoms with Gasteiger partial charge in [-0.05, 0) is 24.1 Å². The second-order valence-corrected chi connectivity index (χ2v) is 3.66. The first-order chi connectivity index (χ1) is 8.56. The Hall–Kier alpha value is -2.57. The normalized spacial score (nSPS) is 10.4. The minimum absolute atomic E-state index is 0.207. The van der Waals surface area contributed by atoms with Crippen LogP contribution in [0.25, 0.3) is 11.1 Å². The van der Waals surface area contributed by atoms with Crippen LogP contribution in [-0.4, -0.2) is 28.5 Å². The van der Waals surface area contributed by atoms with Gasteiger partial charge in [0.1, 0.15) is 0 Å². The van der Waals surface area contributed by atoms with E-state index in [2.05, 4.69) is 10.3 Å². The number of benzene rings is 1. The molecule has 0 bridgehead atoms. The van der Waals surface area contributed by atoms with Crippen molar-refractivity contribution in [3.63, 3.8) is 0 Å². The Morgan fingerprint density at radius 3 is 2.89 bits per heavy atom. The molecule has 3 N–H and O–H groups in total. The second kappa shape index (κ2) is 4.74. The van der Waals surface area contributed by atoms with Crippen molar-refractivity contribution < 1.29 is 19.1 Å². The van der Waals surface area contributed by atoms with Gasteiger partial charge in [-0.25, -0.2) is 9.59 Å². The van der Waals surface area contributed by atoms with Crippen LogP contribution in [0.1, 0.15) is 5.56 Å². The lowest BCUT2D eigenvalue weighted by atomic mass is 10.1. The zero-order chi connectivity index (χ0) is 13.1. The van der Waals surface area contributed by atoms with Crippen LogP contribution >= 0.6 is 0 Å². The molecule has 0 fully saturated rings. The number of fused-ring (bicyclic) bond motifs is 1. The zero-order valence-electron chi connectivity index (χ0n) is 9.23. The monoisotopic (exact) mass is 250 g/mol. The summed E-state index contributed by atoms with van der Waals surface area (Å²) in [5.74, 6) is -3.07. The maximum absolute atomic E-state index is 10.9. The number of rotatable bonds is 3. The van der Waals surface area contributed by atoms with Crippen molar-refractivity contribution in [3.8, 4) is 0 Å². The summed E-state index contributed by atoms with van der Waals surface area (Å²) in [6.07, 6.45) is 0.460. The highest BCUT2D eigenvalue weighted by Gasteiger charge is 2.09. The fourth-order valence-electron chi connectivity index (χ4n) is 1.55. The third-order valence-electron chi connectivity index (χ3n) is 2.38. The highest BCUT2D eigenvalue weighted by molar-refractivity contribution is 6.31. The molecule has 0 unspecified atom stereocenters. The van der Waals surface area contributed by atoms with Crippen LogP contribution in [0, 0.1) is 0 Å². The lowest BCUT2D eigenvalue weighted by molar-refractivity contribution is -0.150. The predicted molar refractivity (Wildman–Crippen MR) is 61.2 cm³/mol. The number of carboxylic acid groups (broad SMARTS) is 1. The molecule has 1 heterocycles. The van der Waals surface area contributed by atoms with Gasteiger partial charge < -0.3 is 14.8 Å². The number of H-pyrrole nitrogens is 1. The van der Waals surface area contributed by atoms with Crippen LogP contribution < -0.4 is 11.1 Å². The quantitative estimate of drug-likeness (QED) is 0.656. The number of amides is 1. The van der Waals surface area contributed by atoms with E-state index in [1.165, 1.54) is 0 Å². The number of aromatic amines is 1. The van der Waals surface area contributed by atoms with Crippen molar-refractivity contribution in [2.24, 2.45) is 0 Å². The molecule has 0 spiro atoms. The van der Waals surface area contributed by atoms with Gasteiger partial charge in [-0.2, -0.15) is 0 Å². The van der Waals surface area contributed by atoms with E-state index in [1.807, 2.05) is 0 Å². The molecule has 2 rings (SSSR count). The van der Waals surface area contributed by atoms with Crippen LogP contribution in [0.3, 0.4) is 0 Å². The van der Waals surface area contributed by atoms with Crippen LogP contribution in [0.5, 0.6) is 0 Å². The van der Waals surface area contributed by atoms with Gasteiger partial charge in [-0.1, -0.05) is 6.07 Å². The molecule has 2 aromatic rings. The van der Waals surface area contributed by atoms with E-state index >= 15 is 0 Å². The number of hydrogen-bond acceptors (Lipinski definition) is 4. The van der Waals surface area contributed by atoms with Crippen LogP contribution in [0.2, 0.25) is 0 Å². The van der Waals surface area contributed by atoms with Crippen molar-refractivity contribution >= 4 is 23.0 Å². The minimum atomic E-state index is -1.51. The van der Waals surface area contributed by atoms with Crippen molar-refractivity contribution in [1.29, 1.82) is 0 Å². The van der Waals surface area contributed by atoms with Gasteiger partial charge in [0.2, 0.25) is 0 Å². The maximum Gasteiger partial charge on any atom is 0.417 e. The highest BCUT2D eigenvalue weighted by Crippen LogP contribution is 2.12. The third kappa shape index (κ3) is 2.57. The molecule has 0 saturated carbocycles. The topological polar surface area (TPSA) is 112 Å². The molecule has 0 aliphatic carbocycles. The molecule has 7 nitrogen and oxygen atoms in total. The van der Waals surface area contributed by atoms with Gasteiger partial charge in [-0.3, -0.25) is 9.78 Å². The number of aromatic nitrogens is 1. The molecule has 0 saturated heterocycles. The summed E-state index contributed by atoms with van der Waals surface area (Å²) in [6.45, 7) is 0.207. The fraction of sp³-hybridized carbons (Fsp3) is 0.182. The first-order valence-corrected chi connectivity index (χ1v) is 5.19. The van der Waals surface area contributed by atoms with Gasteiger partial charge in [0, 0.05) is 6.54 Å². The smallest absolute Gasteiger partial charge is 0.417 e. The van der Waals surface area contributed by atoms with E-state index in [-0.39, 0.29) is 6.54 Å². The van der Waals surface area contributed by atoms with Crippen LogP contribution in [0.15, 0.2) is 27.4 Å². The summed E-state index contributed by atoms with van der Waals surface area (Å²) in [5, 5.41) is 10.6. The molecule has 18 heavy (non-hydrogen) atoms. The number of hydrogen-bond donors (Lipinski definition) is 3. The Labute approximate surface area is 100 Å². The van der Waals surface area contributed by atoms with E-state index in [4.69, 9.17) is 9.52 Å². The predicted octanol–water partition coefficient (Wildman–Crippen LogP) is -0.136. The lowest BCUT2D eigenvalue weighted by Gasteiger charge is -2.02. The van der Waals surface area contributed by atoms with Gasteiger partial charge in [0.25, 0.3) is 0 Å². The number of carboxylic acids is 1. The first-order valence-electron chi connectivity index (χ1n) is 5.19. The lowest BCUT2D eigenvalue weighted by Crippen LogP contribution is -2.32. The molecule has 0 aliphatic rings. The highest BCUT2D eigenvalue weighted by atomic mass is 16.4. The molecule has 0 radical (unpaired) electrons. The Morgan fingerprint density at radius 1 is 1.39 bits per heavy atom. The number of carbonyl (C=O) groups excluding carboxylic acids is 1. The molecular weight excluding hydrogens is 240 g/mol. The Kier molecular flexibility index (Phi) is 3.13. The summed E-state index contributed by atoms with van der Waals surface area (Å²) in [6, 6.07) is 5.10. The summed E-state index contributed by atoms with van der Waals surface area (Å²) in [7, 11) is 0. The van der Waals surface area contributed by atoms with Crippen molar-refractivity contribution in [3.05, 3.63) is 34.3 Å². The summed E-state index contributed by atoms with van der Waals surface area (Å²) < 4.78 is 4.84. The van der Waals surface area contributed by atoms with Crippen molar-refractivity contribution in [2.75, 3.05) is 6.54 Å². The minimum Gasteiger partial charge on any atom is -0.474 e. The zero-order valence-corrected chi connectivity index (χ0v) is 9.23. The van der Waals surface area contributed by atoms with E-state index in [9.17, 15) is 14.4 Å². The molecule has 1 aromatic carbocycles. The average Bonchev–Trinajstić information content (AvgIpc) is 2.68. The van der Waals surface area contributed by atoms with E-state index in [1.54, 1.807) is 18.2 Å².